The lowest BCUT2D eigenvalue weighted by molar-refractivity contribution is 0.537. The van der Waals surface area contributed by atoms with Gasteiger partial charge in [0.25, 0.3) is 10.0 Å². The van der Waals surface area contributed by atoms with E-state index >= 15 is 0 Å². The Morgan fingerprint density at radius 3 is 2.41 bits per heavy atom. The van der Waals surface area contributed by atoms with Crippen LogP contribution in [0.15, 0.2) is 71.6 Å². The number of aryl methyl sites for hydroxylation is 1. The summed E-state index contributed by atoms with van der Waals surface area (Å²) in [4.78, 5) is 4.36. The molecule has 0 spiro atoms. The molecule has 8 heteroatoms. The van der Waals surface area contributed by atoms with Gasteiger partial charge in [0.2, 0.25) is 0 Å². The van der Waals surface area contributed by atoms with Crippen molar-refractivity contribution in [2.75, 3.05) is 34.2 Å². The van der Waals surface area contributed by atoms with Crippen molar-refractivity contribution >= 4 is 38.7 Å². The van der Waals surface area contributed by atoms with Gasteiger partial charge in [0, 0.05) is 30.7 Å². The minimum atomic E-state index is -3.72. The highest BCUT2D eigenvalue weighted by Gasteiger charge is 2.28. The molecule has 32 heavy (non-hydrogen) atoms. The molecule has 0 amide bonds. The maximum atomic E-state index is 14.4. The zero-order valence-electron chi connectivity index (χ0n) is 17.9. The number of halogens is 2. The van der Waals surface area contributed by atoms with Crippen molar-refractivity contribution in [3.8, 4) is 0 Å². The SMILES string of the molecule is Cc1ccc(S(=O)(=O)Nc2ccccc2N2CCN(c3ccc(Cl)cc3F)CC2C)cc1. The first-order chi connectivity index (χ1) is 15.2. The van der Waals surface area contributed by atoms with Crippen LogP contribution in [-0.4, -0.2) is 34.1 Å². The Morgan fingerprint density at radius 2 is 1.72 bits per heavy atom. The summed E-state index contributed by atoms with van der Waals surface area (Å²) >= 11 is 5.89. The zero-order valence-corrected chi connectivity index (χ0v) is 19.5. The Balaban J connectivity index is 1.56. The first-order valence-corrected chi connectivity index (χ1v) is 12.3. The molecule has 1 atom stereocenters. The van der Waals surface area contributed by atoms with Crippen molar-refractivity contribution in [1.29, 1.82) is 0 Å². The lowest BCUT2D eigenvalue weighted by Gasteiger charge is -2.43. The monoisotopic (exact) mass is 473 g/mol. The van der Waals surface area contributed by atoms with Gasteiger partial charge in [-0.2, -0.15) is 0 Å². The van der Waals surface area contributed by atoms with E-state index in [9.17, 15) is 12.8 Å². The minimum absolute atomic E-state index is 0.0313. The Labute approximate surface area is 193 Å². The smallest absolute Gasteiger partial charge is 0.261 e. The van der Waals surface area contributed by atoms with Gasteiger partial charge < -0.3 is 9.80 Å². The average Bonchev–Trinajstić information content (AvgIpc) is 2.74. The van der Waals surface area contributed by atoms with E-state index in [-0.39, 0.29) is 16.8 Å². The summed E-state index contributed by atoms with van der Waals surface area (Å²) in [7, 11) is -3.72. The molecule has 1 N–H and O–H groups in total. The van der Waals surface area contributed by atoms with Gasteiger partial charge in [-0.25, -0.2) is 12.8 Å². The van der Waals surface area contributed by atoms with E-state index in [0.29, 0.717) is 36.0 Å². The van der Waals surface area contributed by atoms with Crippen LogP contribution in [0.3, 0.4) is 0 Å². The number of sulfonamides is 1. The summed E-state index contributed by atoms with van der Waals surface area (Å²) in [6.07, 6.45) is 0. The first-order valence-electron chi connectivity index (χ1n) is 10.4. The molecule has 0 aliphatic carbocycles. The molecule has 1 aliphatic heterocycles. The molecule has 0 saturated carbocycles. The fourth-order valence-electron chi connectivity index (χ4n) is 4.00. The standard InChI is InChI=1S/C24H25ClFN3O2S/c1-17-7-10-20(11-8-17)32(30,31)27-22-5-3-4-6-24(22)29-14-13-28(16-18(29)2)23-12-9-19(25)15-21(23)26/h3-12,15,18,27H,13-14,16H2,1-2H3. The predicted octanol–water partition coefficient (Wildman–Crippen LogP) is 5.30. The van der Waals surface area contributed by atoms with Crippen LogP contribution in [-0.2, 0) is 10.0 Å². The number of hydrogen-bond donors (Lipinski definition) is 1. The van der Waals surface area contributed by atoms with Gasteiger partial charge in [0.05, 0.1) is 22.0 Å². The largest absolute Gasteiger partial charge is 0.365 e. The van der Waals surface area contributed by atoms with E-state index in [2.05, 4.69) is 9.62 Å². The maximum Gasteiger partial charge on any atom is 0.261 e. The molecule has 4 rings (SSSR count). The van der Waals surface area contributed by atoms with Crippen LogP contribution in [0.2, 0.25) is 5.02 Å². The van der Waals surface area contributed by atoms with Crippen LogP contribution in [0.5, 0.6) is 0 Å². The average molecular weight is 474 g/mol. The number of para-hydroxylation sites is 2. The molecule has 1 saturated heterocycles. The number of piperazine rings is 1. The number of benzene rings is 3. The van der Waals surface area contributed by atoms with Gasteiger partial charge in [-0.15, -0.1) is 0 Å². The Bertz CT molecular complexity index is 1220. The van der Waals surface area contributed by atoms with Crippen LogP contribution in [0.25, 0.3) is 0 Å². The summed E-state index contributed by atoms with van der Waals surface area (Å²) in [6, 6.07) is 18.8. The van der Waals surface area contributed by atoms with E-state index in [4.69, 9.17) is 11.6 Å². The third kappa shape index (κ3) is 4.69. The molecule has 3 aromatic rings. The van der Waals surface area contributed by atoms with E-state index in [0.717, 1.165) is 11.3 Å². The highest BCUT2D eigenvalue weighted by atomic mass is 35.5. The van der Waals surface area contributed by atoms with Crippen LogP contribution in [0.1, 0.15) is 12.5 Å². The predicted molar refractivity (Wildman–Crippen MR) is 129 cm³/mol. The molecule has 1 heterocycles. The van der Waals surface area contributed by atoms with Crippen LogP contribution >= 0.6 is 11.6 Å². The van der Waals surface area contributed by atoms with Crippen LogP contribution in [0, 0.1) is 12.7 Å². The molecule has 1 fully saturated rings. The molecule has 168 valence electrons. The van der Waals surface area contributed by atoms with Crippen molar-refractivity contribution in [2.45, 2.75) is 24.8 Å². The van der Waals surface area contributed by atoms with Crippen molar-refractivity contribution in [2.24, 2.45) is 0 Å². The quantitative estimate of drug-likeness (QED) is 0.546. The van der Waals surface area contributed by atoms with E-state index in [1.807, 2.05) is 30.9 Å². The van der Waals surface area contributed by atoms with Crippen molar-refractivity contribution in [3.05, 3.63) is 83.1 Å². The Kier molecular flexibility index (Phi) is 6.31. The second kappa shape index (κ2) is 9.00. The van der Waals surface area contributed by atoms with Crippen LogP contribution < -0.4 is 14.5 Å². The van der Waals surface area contributed by atoms with Gasteiger partial charge in [-0.1, -0.05) is 41.4 Å². The lowest BCUT2D eigenvalue weighted by Crippen LogP contribution is -2.52. The normalized spacial score (nSPS) is 16.8. The third-order valence-corrected chi connectivity index (χ3v) is 7.28. The number of rotatable bonds is 5. The van der Waals surface area contributed by atoms with Crippen molar-refractivity contribution in [1.82, 2.24) is 0 Å². The molecule has 5 nitrogen and oxygen atoms in total. The second-order valence-corrected chi connectivity index (χ2v) is 10.1. The van der Waals surface area contributed by atoms with Crippen molar-refractivity contribution in [3.63, 3.8) is 0 Å². The summed E-state index contributed by atoms with van der Waals surface area (Å²) < 4.78 is 43.0. The number of anilines is 3. The summed E-state index contributed by atoms with van der Waals surface area (Å²) in [6.45, 7) is 5.77. The van der Waals surface area contributed by atoms with E-state index < -0.39 is 10.0 Å². The van der Waals surface area contributed by atoms with Crippen LogP contribution in [0.4, 0.5) is 21.5 Å². The summed E-state index contributed by atoms with van der Waals surface area (Å²) in [5, 5.41) is 0.368. The molecule has 0 bridgehead atoms. The van der Waals surface area contributed by atoms with Gasteiger partial charge in [0.15, 0.2) is 0 Å². The van der Waals surface area contributed by atoms with Crippen molar-refractivity contribution < 1.29 is 12.8 Å². The van der Waals surface area contributed by atoms with E-state index in [1.165, 1.54) is 6.07 Å². The fraction of sp³-hybridized carbons (Fsp3) is 0.250. The number of nitrogens with one attached hydrogen (secondary N) is 1. The Hall–Kier alpha value is -2.77. The Morgan fingerprint density at radius 1 is 1.00 bits per heavy atom. The topological polar surface area (TPSA) is 52.7 Å². The lowest BCUT2D eigenvalue weighted by atomic mass is 10.1. The van der Waals surface area contributed by atoms with Gasteiger partial charge in [-0.05, 0) is 56.3 Å². The first kappa shape index (κ1) is 22.4. The number of hydrogen-bond acceptors (Lipinski definition) is 4. The number of nitrogens with zero attached hydrogens (tertiary/aromatic N) is 2. The van der Waals surface area contributed by atoms with Gasteiger partial charge in [0.1, 0.15) is 5.82 Å². The molecule has 0 radical (unpaired) electrons. The van der Waals surface area contributed by atoms with Gasteiger partial charge >= 0.3 is 0 Å². The highest BCUT2D eigenvalue weighted by Crippen LogP contribution is 2.32. The zero-order chi connectivity index (χ0) is 22.9. The maximum absolute atomic E-state index is 14.4. The molecule has 0 aromatic heterocycles. The minimum Gasteiger partial charge on any atom is -0.365 e. The van der Waals surface area contributed by atoms with Gasteiger partial charge in [-0.3, -0.25) is 4.72 Å². The molecule has 3 aromatic carbocycles. The molecular formula is C24H25ClFN3O2S. The van der Waals surface area contributed by atoms with E-state index in [1.54, 1.807) is 48.5 Å². The third-order valence-electron chi connectivity index (χ3n) is 5.67. The fourth-order valence-corrected chi connectivity index (χ4v) is 5.24. The molecule has 1 aliphatic rings. The molecule has 1 unspecified atom stereocenters. The second-order valence-electron chi connectivity index (χ2n) is 8.02. The molecular weight excluding hydrogens is 449 g/mol. The summed E-state index contributed by atoms with van der Waals surface area (Å²) in [5.41, 5.74) is 2.83. The highest BCUT2D eigenvalue weighted by molar-refractivity contribution is 7.92. The summed E-state index contributed by atoms with van der Waals surface area (Å²) in [5.74, 6) is -0.343.